The molecule has 4 aromatic rings. The summed E-state index contributed by atoms with van der Waals surface area (Å²) in [7, 11) is 1.98. The number of fused-ring (bicyclic) bond motifs is 3. The van der Waals surface area contributed by atoms with Gasteiger partial charge in [-0.15, -0.1) is 0 Å². The van der Waals surface area contributed by atoms with Crippen LogP contribution in [0.2, 0.25) is 0 Å². The maximum atomic E-state index is 16.0. The summed E-state index contributed by atoms with van der Waals surface area (Å²) in [4.78, 5) is 70.8. The number of hydrogen-bond acceptors (Lipinski definition) is 14. The van der Waals surface area contributed by atoms with Crippen molar-refractivity contribution in [3.63, 3.8) is 0 Å². The van der Waals surface area contributed by atoms with E-state index in [0.717, 1.165) is 76.3 Å². The van der Waals surface area contributed by atoms with Crippen LogP contribution in [0.5, 0.6) is 0 Å². The summed E-state index contributed by atoms with van der Waals surface area (Å²) < 4.78 is 90.4. The highest BCUT2D eigenvalue weighted by atomic mass is 19.4. The number of hydrazine groups is 1. The SMILES string of the molecule is COC(=O)NC(C(=O)N[C@@H](Cc1ccc(C#Cc2ccc(N3C[C@H]4CC[C@@H]3CN4C3COC3)nc2)cc1)[C@@H](O)CN(Cc1c(F)cc(-c2ncccn2)cc1F)NC(=O)[C@@H](NC(=O)OC)C(C)(C)C)C(C)(C)C(F)(F)F. The summed E-state index contributed by atoms with van der Waals surface area (Å²) in [6.45, 7) is 8.16. The first-order chi connectivity index (χ1) is 35.9. The number of rotatable bonds is 17. The normalized spacial score (nSPS) is 18.5. The molecule has 5 N–H and O–H groups in total. The van der Waals surface area contributed by atoms with E-state index in [-0.39, 0.29) is 17.8 Å². The molecule has 0 radical (unpaired) electrons. The van der Waals surface area contributed by atoms with Gasteiger partial charge in [-0.3, -0.25) is 19.9 Å². The van der Waals surface area contributed by atoms with Gasteiger partial charge in [0.05, 0.1) is 51.0 Å². The van der Waals surface area contributed by atoms with E-state index in [1.807, 2.05) is 17.4 Å². The highest BCUT2D eigenvalue weighted by Gasteiger charge is 2.56. The van der Waals surface area contributed by atoms with Crippen molar-refractivity contribution in [1.29, 1.82) is 0 Å². The number of benzene rings is 2. The number of halogens is 5. The van der Waals surface area contributed by atoms with Crippen LogP contribution in [0.1, 0.15) is 69.7 Å². The molecule has 2 bridgehead atoms. The van der Waals surface area contributed by atoms with Crippen LogP contribution >= 0.6 is 0 Å². The number of alkyl halides is 3. The molecule has 76 heavy (non-hydrogen) atoms. The number of aliphatic hydroxyl groups is 1. The lowest BCUT2D eigenvalue weighted by atomic mass is 9.82. The van der Waals surface area contributed by atoms with E-state index in [4.69, 9.17) is 14.5 Å². The molecule has 4 aliphatic rings. The van der Waals surface area contributed by atoms with E-state index in [1.54, 1.807) is 51.2 Å². The van der Waals surface area contributed by atoms with Gasteiger partial charge in [-0.2, -0.15) is 13.2 Å². The number of pyridine rings is 1. The number of aliphatic hydroxyl groups excluding tert-OH is 1. The van der Waals surface area contributed by atoms with Crippen LogP contribution in [0.3, 0.4) is 0 Å². The Hall–Kier alpha value is -7.00. The number of amides is 4. The number of aromatic nitrogens is 3. The molecule has 1 unspecified atom stereocenters. The van der Waals surface area contributed by atoms with Gasteiger partial charge in [0.25, 0.3) is 5.91 Å². The van der Waals surface area contributed by atoms with Crippen molar-refractivity contribution in [3.8, 4) is 23.2 Å². The van der Waals surface area contributed by atoms with Gasteiger partial charge in [0.1, 0.15) is 29.5 Å². The summed E-state index contributed by atoms with van der Waals surface area (Å²) in [5, 5.41) is 19.9. The van der Waals surface area contributed by atoms with Crippen LogP contribution in [0, 0.1) is 34.3 Å². The van der Waals surface area contributed by atoms with Crippen molar-refractivity contribution in [1.82, 2.24) is 46.2 Å². The standard InChI is InChI=1S/C53H63F5N10O8/c1-51(2,3)44(63-49(72)74-6)48(71)65-66(27-38-39(54)22-34(23-40(38)55)46-59-19-8-20-60-46)28-42(69)41(62-47(70)45(64-50(73)75-7)52(4,5)53(56,57)58)21-32-12-9-31(10-13-32)11-14-33-15-18-43(61-24-33)68-26-35-16-17-36(68)25-67(35)37-29-76-30-37/h8-10,12-13,15,18-20,22-24,35-37,41-42,44-45,69H,16-17,21,25-30H2,1-7H3,(H,62,70)(H,63,72)(H,64,73)(H,65,71)/t35-,36-,41+,42+,44-,45?/m1/s1. The minimum Gasteiger partial charge on any atom is -0.453 e. The van der Waals surface area contributed by atoms with Gasteiger partial charge in [0.15, 0.2) is 5.82 Å². The van der Waals surface area contributed by atoms with Gasteiger partial charge >= 0.3 is 18.4 Å². The van der Waals surface area contributed by atoms with Crippen LogP contribution in [-0.4, -0.2) is 150 Å². The smallest absolute Gasteiger partial charge is 0.407 e. The van der Waals surface area contributed by atoms with Crippen molar-refractivity contribution >= 4 is 29.8 Å². The Bertz CT molecular complexity index is 2730. The summed E-state index contributed by atoms with van der Waals surface area (Å²) in [6, 6.07) is 10.0. The van der Waals surface area contributed by atoms with E-state index in [0.29, 0.717) is 48.7 Å². The number of anilines is 1. The number of alkyl carbamates (subject to hydrolysis) is 2. The molecule has 18 nitrogen and oxygen atoms in total. The van der Waals surface area contributed by atoms with E-state index in [2.05, 4.69) is 52.4 Å². The summed E-state index contributed by atoms with van der Waals surface area (Å²) in [5.41, 5.74) is -0.331. The Morgan fingerprint density at radius 1 is 0.803 bits per heavy atom. The van der Waals surface area contributed by atoms with Gasteiger partial charge in [-0.1, -0.05) is 44.7 Å². The molecule has 2 aromatic carbocycles. The molecule has 0 saturated carbocycles. The van der Waals surface area contributed by atoms with Gasteiger partial charge in [0.2, 0.25) is 5.91 Å². The van der Waals surface area contributed by atoms with Crippen molar-refractivity contribution in [2.24, 2.45) is 10.8 Å². The second-order valence-electron chi connectivity index (χ2n) is 20.7. The molecule has 8 rings (SSSR count). The molecule has 4 aliphatic heterocycles. The molecule has 4 saturated heterocycles. The molecule has 0 aliphatic carbocycles. The predicted molar refractivity (Wildman–Crippen MR) is 268 cm³/mol. The lowest BCUT2D eigenvalue weighted by Crippen LogP contribution is -2.68. The molecular formula is C53H63F5N10O8. The minimum atomic E-state index is -5.06. The van der Waals surface area contributed by atoms with Gasteiger partial charge in [0, 0.05) is 79.1 Å². The first-order valence-electron chi connectivity index (χ1n) is 24.7. The Morgan fingerprint density at radius 3 is 1.95 bits per heavy atom. The van der Waals surface area contributed by atoms with Crippen LogP contribution < -0.4 is 26.3 Å². The minimum absolute atomic E-state index is 0.00994. The molecule has 6 heterocycles. The topological polar surface area (TPSA) is 213 Å². The van der Waals surface area contributed by atoms with E-state index in [1.165, 1.54) is 18.5 Å². The number of hydrogen-bond donors (Lipinski definition) is 5. The maximum absolute atomic E-state index is 16.0. The first kappa shape index (κ1) is 56.7. The number of piperazine rings is 1. The Balaban J connectivity index is 1.15. The molecular weight excluding hydrogens is 1000 g/mol. The summed E-state index contributed by atoms with van der Waals surface area (Å²) >= 11 is 0. The molecule has 2 aromatic heterocycles. The van der Waals surface area contributed by atoms with Crippen molar-refractivity contribution in [2.45, 2.75) is 109 Å². The molecule has 4 fully saturated rings. The predicted octanol–water partition coefficient (Wildman–Crippen LogP) is 5.27. The molecule has 6 atom stereocenters. The highest BCUT2D eigenvalue weighted by Crippen LogP contribution is 2.41. The summed E-state index contributed by atoms with van der Waals surface area (Å²) in [5.74, 6) is 2.62. The Morgan fingerprint density at radius 2 is 1.41 bits per heavy atom. The highest BCUT2D eigenvalue weighted by molar-refractivity contribution is 5.87. The van der Waals surface area contributed by atoms with Crippen molar-refractivity contribution in [2.75, 3.05) is 52.0 Å². The molecule has 23 heteroatoms. The number of carbonyl (C=O) groups excluding carboxylic acids is 4. The number of carbonyl (C=O) groups is 4. The fourth-order valence-corrected chi connectivity index (χ4v) is 9.32. The van der Waals surface area contributed by atoms with Crippen LogP contribution in [0.15, 0.2) is 73.2 Å². The van der Waals surface area contributed by atoms with Crippen LogP contribution in [-0.2, 0) is 36.8 Å². The lowest BCUT2D eigenvalue weighted by molar-refractivity contribution is -0.220. The Kier molecular flexibility index (Phi) is 17.8. The van der Waals surface area contributed by atoms with Crippen molar-refractivity contribution < 1.29 is 60.4 Å². The van der Waals surface area contributed by atoms with Gasteiger partial charge in [-0.25, -0.2) is 38.3 Å². The average Bonchev–Trinajstić information content (AvgIpc) is 3.37. The number of nitrogens with zero attached hydrogens (tertiary/aromatic N) is 6. The van der Waals surface area contributed by atoms with Crippen LogP contribution in [0.25, 0.3) is 11.4 Å². The van der Waals surface area contributed by atoms with Crippen molar-refractivity contribution in [3.05, 3.63) is 107 Å². The number of nitrogens with one attached hydrogen (secondary N) is 4. The molecule has 4 amide bonds. The fraction of sp³-hybridized carbons (Fsp3) is 0.491. The third-order valence-corrected chi connectivity index (χ3v) is 14.0. The number of ether oxygens (including phenoxy) is 3. The third-order valence-electron chi connectivity index (χ3n) is 14.0. The molecule has 0 spiro atoms. The second-order valence-corrected chi connectivity index (χ2v) is 20.7. The maximum Gasteiger partial charge on any atom is 0.407 e. The zero-order valence-corrected chi connectivity index (χ0v) is 43.2. The monoisotopic (exact) mass is 1060 g/mol. The fourth-order valence-electron chi connectivity index (χ4n) is 9.32. The largest absolute Gasteiger partial charge is 0.453 e. The van der Waals surface area contributed by atoms with E-state index < -0.39 is 95.5 Å². The third kappa shape index (κ3) is 13.7. The molecule has 408 valence electrons. The van der Waals surface area contributed by atoms with Crippen LogP contribution in [0.4, 0.5) is 37.4 Å². The first-order valence-corrected chi connectivity index (χ1v) is 24.7. The quantitative estimate of drug-likeness (QED) is 0.0518. The van der Waals surface area contributed by atoms with E-state index in [9.17, 15) is 37.5 Å². The summed E-state index contributed by atoms with van der Waals surface area (Å²) in [6.07, 6.45) is -2.80. The number of piperidine rings is 2. The average molecular weight is 1060 g/mol. The second kappa shape index (κ2) is 23.9. The van der Waals surface area contributed by atoms with Gasteiger partial charge < -0.3 is 40.2 Å². The zero-order valence-electron chi connectivity index (χ0n) is 43.2. The lowest BCUT2D eigenvalue weighted by Gasteiger charge is -2.55. The van der Waals surface area contributed by atoms with Gasteiger partial charge in [-0.05, 0) is 86.6 Å². The Labute approximate surface area is 437 Å². The number of methoxy groups -OCH3 is 2. The van der Waals surface area contributed by atoms with E-state index >= 15 is 8.78 Å². The zero-order chi connectivity index (χ0) is 55.1.